The Hall–Kier alpha value is -3.86. The maximum atomic E-state index is 12.9. The van der Waals surface area contributed by atoms with E-state index in [0.717, 1.165) is 0 Å². The highest BCUT2D eigenvalue weighted by Gasteiger charge is 2.17. The van der Waals surface area contributed by atoms with E-state index in [2.05, 4.69) is 5.32 Å². The minimum absolute atomic E-state index is 0.123. The van der Waals surface area contributed by atoms with Crippen molar-refractivity contribution in [2.75, 3.05) is 25.6 Å². The average molecular weight is 511 g/mol. The molecule has 1 heterocycles. The molecule has 35 heavy (non-hydrogen) atoms. The third kappa shape index (κ3) is 5.80. The first kappa shape index (κ1) is 24.3. The molecule has 9 heteroatoms. The Morgan fingerprint density at radius 3 is 2.66 bits per heavy atom. The zero-order valence-electron chi connectivity index (χ0n) is 18.6. The first-order valence-corrected chi connectivity index (χ1v) is 11.3. The minimum Gasteiger partial charge on any atom is -0.493 e. The van der Waals surface area contributed by atoms with Crippen LogP contribution in [0.1, 0.15) is 11.1 Å². The van der Waals surface area contributed by atoms with Gasteiger partial charge in [0.05, 0.1) is 7.11 Å². The number of nitrogens with zero attached hydrogens (tertiary/aromatic N) is 1. The van der Waals surface area contributed by atoms with E-state index in [9.17, 15) is 10.1 Å². The van der Waals surface area contributed by atoms with Gasteiger partial charge in [-0.2, -0.15) is 5.26 Å². The smallest absolute Gasteiger partial charge is 0.266 e. The third-order valence-electron chi connectivity index (χ3n) is 5.08. The van der Waals surface area contributed by atoms with Gasteiger partial charge in [0.15, 0.2) is 23.0 Å². The van der Waals surface area contributed by atoms with E-state index in [1.165, 1.54) is 13.2 Å². The molecule has 1 aliphatic rings. The molecule has 0 saturated heterocycles. The van der Waals surface area contributed by atoms with Gasteiger partial charge in [0.2, 0.25) is 0 Å². The normalized spacial score (nSPS) is 12.5. The number of anilines is 1. The van der Waals surface area contributed by atoms with E-state index < -0.39 is 5.91 Å². The Morgan fingerprint density at radius 1 is 1.11 bits per heavy atom. The molecule has 0 saturated carbocycles. The highest BCUT2D eigenvalue weighted by Crippen LogP contribution is 2.35. The fourth-order valence-electron chi connectivity index (χ4n) is 3.37. The molecule has 0 spiro atoms. The largest absolute Gasteiger partial charge is 0.493 e. The van der Waals surface area contributed by atoms with Crippen LogP contribution in [-0.2, 0) is 11.4 Å². The van der Waals surface area contributed by atoms with Crippen LogP contribution in [0.3, 0.4) is 0 Å². The Balaban J connectivity index is 1.58. The quantitative estimate of drug-likeness (QED) is 0.314. The number of rotatable bonds is 7. The molecule has 1 amide bonds. The van der Waals surface area contributed by atoms with Gasteiger partial charge in [0.1, 0.15) is 31.5 Å². The number of carbonyl (C=O) groups is 1. The summed E-state index contributed by atoms with van der Waals surface area (Å²) in [5, 5.41) is 13.4. The third-order valence-corrected chi connectivity index (χ3v) is 5.67. The summed E-state index contributed by atoms with van der Waals surface area (Å²) in [6.45, 7) is 1.02. The van der Waals surface area contributed by atoms with Gasteiger partial charge in [0.25, 0.3) is 5.91 Å². The van der Waals surface area contributed by atoms with Crippen molar-refractivity contribution in [2.45, 2.75) is 6.61 Å². The summed E-state index contributed by atoms with van der Waals surface area (Å²) in [4.78, 5) is 12.9. The van der Waals surface area contributed by atoms with Crippen LogP contribution in [0, 0.1) is 11.3 Å². The molecule has 3 aromatic carbocycles. The number of benzene rings is 3. The summed E-state index contributed by atoms with van der Waals surface area (Å²) in [5.74, 6) is 1.35. The molecular formula is C26H20Cl2N2O5. The van der Waals surface area contributed by atoms with Crippen molar-refractivity contribution in [3.63, 3.8) is 0 Å². The number of fused-ring (bicyclic) bond motifs is 1. The SMILES string of the molecule is COc1cccc(/C=C(\C#N)C(=O)Nc2ccc3c(c2)OCCO3)c1OCc1ccc(Cl)cc1Cl. The summed E-state index contributed by atoms with van der Waals surface area (Å²) >= 11 is 12.2. The first-order valence-electron chi connectivity index (χ1n) is 10.5. The molecule has 0 unspecified atom stereocenters. The number of hydrogen-bond donors (Lipinski definition) is 1. The zero-order valence-corrected chi connectivity index (χ0v) is 20.2. The molecule has 0 radical (unpaired) electrons. The van der Waals surface area contributed by atoms with Gasteiger partial charge in [-0.25, -0.2) is 0 Å². The fourth-order valence-corrected chi connectivity index (χ4v) is 3.84. The van der Waals surface area contributed by atoms with Crippen LogP contribution in [0.2, 0.25) is 10.0 Å². The molecule has 4 rings (SSSR count). The van der Waals surface area contributed by atoms with Gasteiger partial charge in [-0.1, -0.05) is 41.4 Å². The summed E-state index contributed by atoms with van der Waals surface area (Å²) in [6, 6.07) is 17.3. The monoisotopic (exact) mass is 510 g/mol. The minimum atomic E-state index is -0.585. The summed E-state index contributed by atoms with van der Waals surface area (Å²) in [6.07, 6.45) is 1.44. The van der Waals surface area contributed by atoms with Gasteiger partial charge >= 0.3 is 0 Å². The maximum Gasteiger partial charge on any atom is 0.266 e. The number of ether oxygens (including phenoxy) is 4. The average Bonchev–Trinajstić information content (AvgIpc) is 2.86. The molecule has 0 aromatic heterocycles. The number of para-hydroxylation sites is 1. The van der Waals surface area contributed by atoms with Gasteiger partial charge in [-0.05, 0) is 36.4 Å². The van der Waals surface area contributed by atoms with Gasteiger partial charge in [0, 0.05) is 32.9 Å². The zero-order chi connectivity index (χ0) is 24.8. The molecule has 7 nitrogen and oxygen atoms in total. The highest BCUT2D eigenvalue weighted by molar-refractivity contribution is 6.35. The molecule has 0 aliphatic carbocycles. The maximum absolute atomic E-state index is 12.9. The number of amides is 1. The predicted molar refractivity (Wildman–Crippen MR) is 133 cm³/mol. The van der Waals surface area contributed by atoms with Crippen LogP contribution in [0.4, 0.5) is 5.69 Å². The lowest BCUT2D eigenvalue weighted by Crippen LogP contribution is -2.17. The topological polar surface area (TPSA) is 89.8 Å². The van der Waals surface area contributed by atoms with E-state index in [0.29, 0.717) is 63.1 Å². The molecule has 1 aliphatic heterocycles. The Bertz CT molecular complexity index is 1330. The molecular weight excluding hydrogens is 491 g/mol. The predicted octanol–water partition coefficient (Wildman–Crippen LogP) is 5.90. The van der Waals surface area contributed by atoms with E-state index in [-0.39, 0.29) is 12.2 Å². The van der Waals surface area contributed by atoms with Crippen molar-refractivity contribution in [1.82, 2.24) is 0 Å². The van der Waals surface area contributed by atoms with Gasteiger partial charge in [-0.15, -0.1) is 0 Å². The number of carbonyl (C=O) groups excluding carboxylic acids is 1. The van der Waals surface area contributed by atoms with Crippen LogP contribution < -0.4 is 24.3 Å². The standard InChI is InChI=1S/C26H20Cl2N2O5/c1-32-23-4-2-3-16(25(23)35-15-17-5-6-19(27)12-21(17)28)11-18(14-29)26(31)30-20-7-8-22-24(13-20)34-10-9-33-22/h2-8,11-13H,9-10,15H2,1H3,(H,30,31)/b18-11+. The van der Waals surface area contributed by atoms with Crippen molar-refractivity contribution in [3.05, 3.63) is 81.3 Å². The second-order valence-electron chi connectivity index (χ2n) is 7.39. The highest BCUT2D eigenvalue weighted by atomic mass is 35.5. The van der Waals surface area contributed by atoms with Gasteiger partial charge in [-0.3, -0.25) is 4.79 Å². The number of nitriles is 1. The fraction of sp³-hybridized carbons (Fsp3) is 0.154. The molecule has 3 aromatic rings. The summed E-state index contributed by atoms with van der Waals surface area (Å²) < 4.78 is 22.5. The lowest BCUT2D eigenvalue weighted by atomic mass is 10.1. The van der Waals surface area contributed by atoms with Crippen molar-refractivity contribution in [3.8, 4) is 29.1 Å². The van der Waals surface area contributed by atoms with Crippen molar-refractivity contribution >= 4 is 40.9 Å². The Morgan fingerprint density at radius 2 is 1.91 bits per heavy atom. The van der Waals surface area contributed by atoms with Crippen molar-refractivity contribution in [2.24, 2.45) is 0 Å². The molecule has 178 valence electrons. The molecule has 1 N–H and O–H groups in total. The van der Waals surface area contributed by atoms with E-state index in [4.69, 9.17) is 42.1 Å². The van der Waals surface area contributed by atoms with E-state index >= 15 is 0 Å². The van der Waals surface area contributed by atoms with Crippen molar-refractivity contribution in [1.29, 1.82) is 5.26 Å². The van der Waals surface area contributed by atoms with Crippen LogP contribution in [0.5, 0.6) is 23.0 Å². The molecule has 0 bridgehead atoms. The number of methoxy groups -OCH3 is 1. The second kappa shape index (κ2) is 11.0. The van der Waals surface area contributed by atoms with E-state index in [1.807, 2.05) is 6.07 Å². The lowest BCUT2D eigenvalue weighted by molar-refractivity contribution is -0.112. The first-order chi connectivity index (χ1) is 17.0. The Kier molecular flexibility index (Phi) is 7.66. The number of hydrogen-bond acceptors (Lipinski definition) is 6. The van der Waals surface area contributed by atoms with Crippen LogP contribution in [0.15, 0.2) is 60.2 Å². The summed E-state index contributed by atoms with van der Waals surface area (Å²) in [7, 11) is 1.50. The van der Waals surface area contributed by atoms with Crippen LogP contribution in [0.25, 0.3) is 6.08 Å². The van der Waals surface area contributed by atoms with Crippen molar-refractivity contribution < 1.29 is 23.7 Å². The van der Waals surface area contributed by atoms with Gasteiger partial charge < -0.3 is 24.3 Å². The lowest BCUT2D eigenvalue weighted by Gasteiger charge is -2.19. The van der Waals surface area contributed by atoms with Crippen LogP contribution in [-0.4, -0.2) is 26.2 Å². The molecule has 0 atom stereocenters. The second-order valence-corrected chi connectivity index (χ2v) is 8.23. The number of nitrogens with one attached hydrogen (secondary N) is 1. The molecule has 0 fully saturated rings. The van der Waals surface area contributed by atoms with E-state index in [1.54, 1.807) is 54.6 Å². The number of halogens is 2. The Labute approximate surface area is 212 Å². The summed E-state index contributed by atoms with van der Waals surface area (Å²) in [5.41, 5.74) is 1.56. The van der Waals surface area contributed by atoms with Crippen LogP contribution >= 0.6 is 23.2 Å².